The van der Waals surface area contributed by atoms with Crippen LogP contribution >= 0.6 is 0 Å². The standard InChI is InChI=1S/C5H8N4O/c1-10-5-4(2-6)9-8-3-7-5/h3H,2,6H2,1H3. The molecule has 0 amide bonds. The second-order valence-corrected chi connectivity index (χ2v) is 1.62. The molecule has 0 aliphatic heterocycles. The van der Waals surface area contributed by atoms with Gasteiger partial charge in [0.25, 0.3) is 0 Å². The molecule has 10 heavy (non-hydrogen) atoms. The fraction of sp³-hybridized carbons (Fsp3) is 0.400. The smallest absolute Gasteiger partial charge is 0.240 e. The second kappa shape index (κ2) is 3.07. The molecular formula is C5H8N4O. The Kier molecular flexibility index (Phi) is 2.11. The summed E-state index contributed by atoms with van der Waals surface area (Å²) in [4.78, 5) is 3.79. The Morgan fingerprint density at radius 1 is 1.70 bits per heavy atom. The van der Waals surface area contributed by atoms with Crippen LogP contribution in [0.4, 0.5) is 0 Å². The third kappa shape index (κ3) is 1.19. The fourth-order valence-corrected chi connectivity index (χ4v) is 0.590. The van der Waals surface area contributed by atoms with Gasteiger partial charge in [-0.05, 0) is 0 Å². The lowest BCUT2D eigenvalue weighted by Crippen LogP contribution is -2.05. The Morgan fingerprint density at radius 3 is 3.00 bits per heavy atom. The number of nitrogens with two attached hydrogens (primary N) is 1. The van der Waals surface area contributed by atoms with Crippen LogP contribution in [0.5, 0.6) is 5.88 Å². The lowest BCUT2D eigenvalue weighted by molar-refractivity contribution is 0.386. The first kappa shape index (κ1) is 6.88. The SMILES string of the molecule is COc1ncnnc1CN. The maximum Gasteiger partial charge on any atom is 0.240 e. The van der Waals surface area contributed by atoms with E-state index in [9.17, 15) is 0 Å². The molecule has 2 N–H and O–H groups in total. The van der Waals surface area contributed by atoms with Gasteiger partial charge in [0, 0.05) is 6.54 Å². The monoisotopic (exact) mass is 140 g/mol. The van der Waals surface area contributed by atoms with E-state index in [-0.39, 0.29) is 0 Å². The van der Waals surface area contributed by atoms with Crippen molar-refractivity contribution in [3.8, 4) is 5.88 Å². The number of aromatic nitrogens is 3. The summed E-state index contributed by atoms with van der Waals surface area (Å²) in [6.07, 6.45) is 1.32. The number of hydrogen-bond acceptors (Lipinski definition) is 5. The van der Waals surface area contributed by atoms with Gasteiger partial charge in [-0.3, -0.25) is 0 Å². The van der Waals surface area contributed by atoms with E-state index < -0.39 is 0 Å². The van der Waals surface area contributed by atoms with E-state index in [1.165, 1.54) is 13.4 Å². The maximum absolute atomic E-state index is 5.30. The number of ether oxygens (including phenoxy) is 1. The molecule has 0 aliphatic carbocycles. The molecule has 0 spiro atoms. The van der Waals surface area contributed by atoms with Crippen LogP contribution in [0.25, 0.3) is 0 Å². The molecule has 0 saturated heterocycles. The molecule has 0 aliphatic rings. The van der Waals surface area contributed by atoms with Crippen LogP contribution in [-0.2, 0) is 6.54 Å². The van der Waals surface area contributed by atoms with E-state index in [4.69, 9.17) is 10.5 Å². The first-order valence-corrected chi connectivity index (χ1v) is 2.79. The average Bonchev–Trinajstić information content (AvgIpc) is 2.04. The predicted molar refractivity (Wildman–Crippen MR) is 34.3 cm³/mol. The molecule has 0 bridgehead atoms. The van der Waals surface area contributed by atoms with Gasteiger partial charge >= 0.3 is 0 Å². The van der Waals surface area contributed by atoms with Crippen molar-refractivity contribution in [2.75, 3.05) is 7.11 Å². The van der Waals surface area contributed by atoms with Crippen molar-refractivity contribution in [1.82, 2.24) is 15.2 Å². The zero-order chi connectivity index (χ0) is 7.40. The minimum Gasteiger partial charge on any atom is -0.480 e. The Hall–Kier alpha value is -1.23. The highest BCUT2D eigenvalue weighted by atomic mass is 16.5. The van der Waals surface area contributed by atoms with E-state index in [0.717, 1.165) is 0 Å². The molecule has 0 aromatic carbocycles. The molecule has 0 unspecified atom stereocenters. The maximum atomic E-state index is 5.30. The van der Waals surface area contributed by atoms with E-state index in [2.05, 4.69) is 15.2 Å². The predicted octanol–water partition coefficient (Wildman–Crippen LogP) is -0.661. The topological polar surface area (TPSA) is 73.9 Å². The number of hydrogen-bond donors (Lipinski definition) is 1. The summed E-state index contributed by atoms with van der Waals surface area (Å²) in [5, 5.41) is 7.25. The second-order valence-electron chi connectivity index (χ2n) is 1.62. The normalized spacial score (nSPS) is 9.40. The largest absolute Gasteiger partial charge is 0.480 e. The third-order valence-corrected chi connectivity index (χ3v) is 1.04. The first-order valence-electron chi connectivity index (χ1n) is 2.79. The minimum absolute atomic E-state index is 0.296. The van der Waals surface area contributed by atoms with Crippen LogP contribution in [0.2, 0.25) is 0 Å². The highest BCUT2D eigenvalue weighted by molar-refractivity contribution is 5.14. The molecule has 0 fully saturated rings. The fourth-order valence-electron chi connectivity index (χ4n) is 0.590. The van der Waals surface area contributed by atoms with Gasteiger partial charge < -0.3 is 10.5 Å². The van der Waals surface area contributed by atoms with Gasteiger partial charge in [0.1, 0.15) is 12.0 Å². The van der Waals surface area contributed by atoms with Crippen LogP contribution in [0.1, 0.15) is 5.69 Å². The lowest BCUT2D eigenvalue weighted by atomic mass is 10.4. The number of methoxy groups -OCH3 is 1. The first-order chi connectivity index (χ1) is 4.88. The Morgan fingerprint density at radius 2 is 2.50 bits per heavy atom. The summed E-state index contributed by atoms with van der Waals surface area (Å²) in [6, 6.07) is 0. The van der Waals surface area contributed by atoms with Gasteiger partial charge in [-0.1, -0.05) is 0 Å². The highest BCUT2D eigenvalue weighted by Crippen LogP contribution is 2.06. The summed E-state index contributed by atoms with van der Waals surface area (Å²) in [5.41, 5.74) is 5.88. The van der Waals surface area contributed by atoms with Crippen LogP contribution in [0.3, 0.4) is 0 Å². The summed E-state index contributed by atoms with van der Waals surface area (Å²) < 4.78 is 4.84. The van der Waals surface area contributed by atoms with Crippen LogP contribution < -0.4 is 10.5 Å². The molecule has 0 saturated carbocycles. The highest BCUT2D eigenvalue weighted by Gasteiger charge is 2.01. The summed E-state index contributed by atoms with van der Waals surface area (Å²) in [5.74, 6) is 0.442. The van der Waals surface area contributed by atoms with Crippen LogP contribution in [0.15, 0.2) is 6.33 Å². The summed E-state index contributed by atoms with van der Waals surface area (Å²) in [7, 11) is 1.52. The van der Waals surface area contributed by atoms with Crippen molar-refractivity contribution < 1.29 is 4.74 Å². The van der Waals surface area contributed by atoms with E-state index in [1.807, 2.05) is 0 Å². The van der Waals surface area contributed by atoms with Crippen molar-refractivity contribution in [1.29, 1.82) is 0 Å². The van der Waals surface area contributed by atoms with Crippen molar-refractivity contribution in [3.05, 3.63) is 12.0 Å². The van der Waals surface area contributed by atoms with Crippen molar-refractivity contribution >= 4 is 0 Å². The zero-order valence-electron chi connectivity index (χ0n) is 5.61. The summed E-state index contributed by atoms with van der Waals surface area (Å²) >= 11 is 0. The van der Waals surface area contributed by atoms with Gasteiger partial charge in [0.05, 0.1) is 7.11 Å². The van der Waals surface area contributed by atoms with Crippen molar-refractivity contribution in [2.24, 2.45) is 5.73 Å². The van der Waals surface area contributed by atoms with Crippen molar-refractivity contribution in [2.45, 2.75) is 6.54 Å². The Labute approximate surface area is 58.2 Å². The Bertz CT molecular complexity index is 192. The van der Waals surface area contributed by atoms with E-state index in [1.54, 1.807) is 0 Å². The molecule has 1 aromatic rings. The molecule has 5 heteroatoms. The van der Waals surface area contributed by atoms with E-state index in [0.29, 0.717) is 18.1 Å². The van der Waals surface area contributed by atoms with Gasteiger partial charge in [0.15, 0.2) is 0 Å². The zero-order valence-corrected chi connectivity index (χ0v) is 5.61. The molecule has 1 heterocycles. The van der Waals surface area contributed by atoms with Crippen LogP contribution in [0, 0.1) is 0 Å². The molecule has 1 aromatic heterocycles. The van der Waals surface area contributed by atoms with Gasteiger partial charge in [-0.25, -0.2) is 0 Å². The molecule has 0 atom stereocenters. The quantitative estimate of drug-likeness (QED) is 0.590. The van der Waals surface area contributed by atoms with Crippen molar-refractivity contribution in [3.63, 3.8) is 0 Å². The number of rotatable bonds is 2. The molecule has 1 rings (SSSR count). The molecule has 5 nitrogen and oxygen atoms in total. The van der Waals surface area contributed by atoms with Gasteiger partial charge in [-0.2, -0.15) is 4.98 Å². The average molecular weight is 140 g/mol. The lowest BCUT2D eigenvalue weighted by Gasteiger charge is -1.99. The summed E-state index contributed by atoms with van der Waals surface area (Å²) in [6.45, 7) is 0.296. The molecular weight excluding hydrogens is 132 g/mol. The Balaban J connectivity index is 2.96. The third-order valence-electron chi connectivity index (χ3n) is 1.04. The van der Waals surface area contributed by atoms with Gasteiger partial charge in [0.2, 0.25) is 5.88 Å². The van der Waals surface area contributed by atoms with Crippen LogP contribution in [-0.4, -0.2) is 22.3 Å². The molecule has 54 valence electrons. The minimum atomic E-state index is 0.296. The van der Waals surface area contributed by atoms with E-state index >= 15 is 0 Å². The van der Waals surface area contributed by atoms with Gasteiger partial charge in [-0.15, -0.1) is 10.2 Å². The number of nitrogens with zero attached hydrogens (tertiary/aromatic N) is 3. The molecule has 0 radical (unpaired) electrons.